The lowest BCUT2D eigenvalue weighted by atomic mass is 9.86. The normalized spacial score (nSPS) is 11.0. The second kappa shape index (κ2) is 4.52. The summed E-state index contributed by atoms with van der Waals surface area (Å²) in [5, 5.41) is 8.80. The van der Waals surface area contributed by atoms with Gasteiger partial charge in [0, 0.05) is 5.75 Å². The van der Waals surface area contributed by atoms with Crippen LogP contribution in [0, 0.1) is 11.3 Å². The van der Waals surface area contributed by atoms with E-state index in [2.05, 4.69) is 32.2 Å². The third-order valence-corrected chi connectivity index (χ3v) is 3.29. The topological polar surface area (TPSA) is 23.8 Å². The molecule has 0 aliphatic carbocycles. The first kappa shape index (κ1) is 11.1. The first-order chi connectivity index (χ1) is 6.60. The van der Waals surface area contributed by atoms with Crippen molar-refractivity contribution in [3.63, 3.8) is 0 Å². The van der Waals surface area contributed by atoms with Crippen molar-refractivity contribution >= 4 is 11.8 Å². The summed E-state index contributed by atoms with van der Waals surface area (Å²) in [6.07, 6.45) is 2.11. The Morgan fingerprint density at radius 1 is 1.43 bits per heavy atom. The van der Waals surface area contributed by atoms with E-state index >= 15 is 0 Å². The summed E-state index contributed by atoms with van der Waals surface area (Å²) in [5.41, 5.74) is 2.13. The quantitative estimate of drug-likeness (QED) is 0.756. The highest BCUT2D eigenvalue weighted by molar-refractivity contribution is 7.98. The average molecular weight is 205 g/mol. The van der Waals surface area contributed by atoms with Crippen LogP contribution in [0.3, 0.4) is 0 Å². The molecule has 0 saturated carbocycles. The van der Waals surface area contributed by atoms with Crippen LogP contribution in [0.4, 0.5) is 0 Å². The summed E-state index contributed by atoms with van der Waals surface area (Å²) in [6.45, 7) is 4.42. The first-order valence-corrected chi connectivity index (χ1v) is 5.99. The maximum absolute atomic E-state index is 8.80. The van der Waals surface area contributed by atoms with Crippen LogP contribution < -0.4 is 0 Å². The summed E-state index contributed by atoms with van der Waals surface area (Å²) in [5.74, 6) is 1.07. The van der Waals surface area contributed by atoms with E-state index < -0.39 is 0 Å². The van der Waals surface area contributed by atoms with Crippen LogP contribution in [-0.4, -0.2) is 12.0 Å². The number of hydrogen-bond acceptors (Lipinski definition) is 2. The second-order valence-corrected chi connectivity index (χ2v) is 4.88. The molecule has 0 amide bonds. The Bertz CT molecular complexity index is 350. The molecule has 74 valence electrons. The highest BCUT2D eigenvalue weighted by Gasteiger charge is 2.19. The minimum Gasteiger partial charge on any atom is -0.192 e. The fourth-order valence-corrected chi connectivity index (χ4v) is 2.34. The Kier molecular flexibility index (Phi) is 3.60. The largest absolute Gasteiger partial charge is 0.192 e. The third-order valence-electron chi connectivity index (χ3n) is 2.28. The van der Waals surface area contributed by atoms with E-state index in [1.807, 2.05) is 30.0 Å². The van der Waals surface area contributed by atoms with Gasteiger partial charge in [0.1, 0.15) is 0 Å². The molecule has 0 heterocycles. The van der Waals surface area contributed by atoms with Crippen molar-refractivity contribution in [3.8, 4) is 6.07 Å². The van der Waals surface area contributed by atoms with Gasteiger partial charge in [0.05, 0.1) is 11.6 Å². The molecule has 0 N–H and O–H groups in total. The SMILES string of the molecule is CSCC(C)(C)c1cccc(C#N)c1. The van der Waals surface area contributed by atoms with Crippen molar-refractivity contribution in [2.45, 2.75) is 19.3 Å². The minimum atomic E-state index is 0.145. The van der Waals surface area contributed by atoms with E-state index in [1.165, 1.54) is 5.56 Å². The summed E-state index contributed by atoms with van der Waals surface area (Å²) in [7, 11) is 0. The maximum Gasteiger partial charge on any atom is 0.0991 e. The highest BCUT2D eigenvalue weighted by Crippen LogP contribution is 2.26. The molecule has 0 fully saturated rings. The van der Waals surface area contributed by atoms with Crippen LogP contribution >= 0.6 is 11.8 Å². The van der Waals surface area contributed by atoms with Gasteiger partial charge in [-0.1, -0.05) is 26.0 Å². The van der Waals surface area contributed by atoms with E-state index in [0.717, 1.165) is 11.3 Å². The summed E-state index contributed by atoms with van der Waals surface area (Å²) in [4.78, 5) is 0. The van der Waals surface area contributed by atoms with Crippen LogP contribution in [0.15, 0.2) is 24.3 Å². The zero-order chi connectivity index (χ0) is 10.6. The average Bonchev–Trinajstić information content (AvgIpc) is 2.18. The number of nitrogens with zero attached hydrogens (tertiary/aromatic N) is 1. The predicted octanol–water partition coefficient (Wildman–Crippen LogP) is 3.20. The van der Waals surface area contributed by atoms with E-state index in [4.69, 9.17) is 5.26 Å². The number of thioether (sulfide) groups is 1. The van der Waals surface area contributed by atoms with E-state index in [0.29, 0.717) is 0 Å². The lowest BCUT2D eigenvalue weighted by Crippen LogP contribution is -2.20. The van der Waals surface area contributed by atoms with Crippen LogP contribution in [0.25, 0.3) is 0 Å². The molecule has 1 aromatic rings. The zero-order valence-electron chi connectivity index (χ0n) is 8.87. The van der Waals surface area contributed by atoms with Gasteiger partial charge in [0.2, 0.25) is 0 Å². The molecule has 0 aromatic heterocycles. The molecule has 1 nitrogen and oxygen atoms in total. The summed E-state index contributed by atoms with van der Waals surface area (Å²) in [6, 6.07) is 10.1. The summed E-state index contributed by atoms with van der Waals surface area (Å²) >= 11 is 1.83. The summed E-state index contributed by atoms with van der Waals surface area (Å²) < 4.78 is 0. The molecule has 1 rings (SSSR count). The van der Waals surface area contributed by atoms with Crippen LogP contribution in [0.5, 0.6) is 0 Å². The van der Waals surface area contributed by atoms with Crippen LogP contribution in [0.2, 0.25) is 0 Å². The molecule has 0 radical (unpaired) electrons. The van der Waals surface area contributed by atoms with Crippen LogP contribution in [-0.2, 0) is 5.41 Å². The van der Waals surface area contributed by atoms with Gasteiger partial charge in [0.15, 0.2) is 0 Å². The molecule has 1 aromatic carbocycles. The fourth-order valence-electron chi connectivity index (χ4n) is 1.45. The van der Waals surface area contributed by atoms with Gasteiger partial charge in [-0.2, -0.15) is 17.0 Å². The van der Waals surface area contributed by atoms with E-state index in [1.54, 1.807) is 0 Å². The third kappa shape index (κ3) is 2.52. The van der Waals surface area contributed by atoms with Crippen molar-refractivity contribution in [2.75, 3.05) is 12.0 Å². The molecule has 2 heteroatoms. The Hall–Kier alpha value is -0.940. The molecule has 0 atom stereocenters. The molecule has 0 unspecified atom stereocenters. The minimum absolute atomic E-state index is 0.145. The van der Waals surface area contributed by atoms with Crippen LogP contribution in [0.1, 0.15) is 25.0 Å². The monoisotopic (exact) mass is 205 g/mol. The number of nitriles is 1. The van der Waals surface area contributed by atoms with Gasteiger partial charge in [0.25, 0.3) is 0 Å². The van der Waals surface area contributed by atoms with Crippen molar-refractivity contribution in [1.82, 2.24) is 0 Å². The highest BCUT2D eigenvalue weighted by atomic mass is 32.2. The molecule has 0 aliphatic rings. The van der Waals surface area contributed by atoms with Crippen molar-refractivity contribution < 1.29 is 0 Å². The van der Waals surface area contributed by atoms with Gasteiger partial charge in [-0.25, -0.2) is 0 Å². The Balaban J connectivity index is 3.01. The number of hydrogen-bond donors (Lipinski definition) is 0. The molecule has 14 heavy (non-hydrogen) atoms. The van der Waals surface area contributed by atoms with Gasteiger partial charge >= 0.3 is 0 Å². The number of benzene rings is 1. The van der Waals surface area contributed by atoms with Crippen molar-refractivity contribution in [2.24, 2.45) is 0 Å². The smallest absolute Gasteiger partial charge is 0.0991 e. The molecular weight excluding hydrogens is 190 g/mol. The Labute approximate surface area is 90.1 Å². The van der Waals surface area contributed by atoms with E-state index in [9.17, 15) is 0 Å². The van der Waals surface area contributed by atoms with Gasteiger partial charge in [-0.05, 0) is 29.4 Å². The second-order valence-electron chi connectivity index (χ2n) is 4.01. The molecule has 0 saturated heterocycles. The standard InChI is InChI=1S/C12H15NS/c1-12(2,9-14-3)11-6-4-5-10(7-11)8-13/h4-7H,9H2,1-3H3. The lowest BCUT2D eigenvalue weighted by molar-refractivity contribution is 0.602. The molecule has 0 bridgehead atoms. The van der Waals surface area contributed by atoms with E-state index in [-0.39, 0.29) is 5.41 Å². The van der Waals surface area contributed by atoms with Crippen molar-refractivity contribution in [1.29, 1.82) is 5.26 Å². The van der Waals surface area contributed by atoms with Crippen molar-refractivity contribution in [3.05, 3.63) is 35.4 Å². The molecule has 0 spiro atoms. The maximum atomic E-state index is 8.80. The fraction of sp³-hybridized carbons (Fsp3) is 0.417. The van der Waals surface area contributed by atoms with Gasteiger partial charge < -0.3 is 0 Å². The molecular formula is C12H15NS. The Morgan fingerprint density at radius 3 is 2.71 bits per heavy atom. The first-order valence-electron chi connectivity index (χ1n) is 4.60. The van der Waals surface area contributed by atoms with Gasteiger partial charge in [-0.3, -0.25) is 0 Å². The van der Waals surface area contributed by atoms with Gasteiger partial charge in [-0.15, -0.1) is 0 Å². The Morgan fingerprint density at radius 2 is 2.14 bits per heavy atom. The molecule has 0 aliphatic heterocycles. The number of rotatable bonds is 3. The lowest BCUT2D eigenvalue weighted by Gasteiger charge is -2.24. The zero-order valence-corrected chi connectivity index (χ0v) is 9.69. The predicted molar refractivity (Wildman–Crippen MR) is 62.6 cm³/mol.